The van der Waals surface area contributed by atoms with Gasteiger partial charge in [0.05, 0.1) is 38.6 Å². The van der Waals surface area contributed by atoms with Crippen molar-refractivity contribution in [3.05, 3.63) is 36.5 Å². The molecule has 17 unspecified atom stereocenters. The van der Waals surface area contributed by atoms with Crippen molar-refractivity contribution in [1.29, 1.82) is 0 Å². The van der Waals surface area contributed by atoms with Crippen LogP contribution < -0.4 is 5.32 Å². The predicted octanol–water partition coefficient (Wildman–Crippen LogP) is 6.88. The molecule has 0 aliphatic carbocycles. The highest BCUT2D eigenvalue weighted by atomic mass is 16.8. The molecule has 3 saturated heterocycles. The zero-order valence-electron chi connectivity index (χ0n) is 50.2. The lowest BCUT2D eigenvalue weighted by Crippen LogP contribution is -2.66. The van der Waals surface area contributed by atoms with Gasteiger partial charge < -0.3 is 89.9 Å². The van der Waals surface area contributed by atoms with Crippen molar-refractivity contribution in [2.24, 2.45) is 0 Å². The fourth-order valence-corrected chi connectivity index (χ4v) is 10.9. The van der Waals surface area contributed by atoms with E-state index in [0.717, 1.165) is 51.4 Å². The third kappa shape index (κ3) is 29.1. The minimum atomic E-state index is -1.98. The molecule has 1 amide bonds. The molecule has 0 bridgehead atoms. The van der Waals surface area contributed by atoms with Crippen LogP contribution in [0.25, 0.3) is 0 Å². The number of hydrogen-bond acceptors (Lipinski definition) is 18. The number of aliphatic hydroxyl groups excluding tert-OH is 11. The number of allylic oxidation sites excluding steroid dienone is 5. The molecule has 0 saturated carbocycles. The first-order valence-corrected chi connectivity index (χ1v) is 32.2. The predicted molar refractivity (Wildman–Crippen MR) is 314 cm³/mol. The van der Waals surface area contributed by atoms with Crippen molar-refractivity contribution in [3.8, 4) is 0 Å². The van der Waals surface area contributed by atoms with Crippen LogP contribution in [0.1, 0.15) is 226 Å². The van der Waals surface area contributed by atoms with Crippen molar-refractivity contribution in [3.63, 3.8) is 0 Å². The van der Waals surface area contributed by atoms with Crippen LogP contribution in [0.2, 0.25) is 0 Å². The lowest BCUT2D eigenvalue weighted by atomic mass is 9.96. The van der Waals surface area contributed by atoms with Crippen LogP contribution in [0, 0.1) is 0 Å². The van der Waals surface area contributed by atoms with Gasteiger partial charge in [-0.15, -0.1) is 0 Å². The van der Waals surface area contributed by atoms with E-state index in [1.54, 1.807) is 6.08 Å². The van der Waals surface area contributed by atoms with Gasteiger partial charge in [0, 0.05) is 6.42 Å². The minimum absolute atomic E-state index is 0.244. The largest absolute Gasteiger partial charge is 0.394 e. The lowest BCUT2D eigenvalue weighted by molar-refractivity contribution is -0.379. The van der Waals surface area contributed by atoms with Crippen molar-refractivity contribution in [2.75, 3.05) is 26.4 Å². The Labute approximate surface area is 491 Å². The molecular weight excluding hydrogens is 1060 g/mol. The summed E-state index contributed by atoms with van der Waals surface area (Å²) in [5.74, 6) is -0.277. The monoisotopic (exact) mass is 1170 g/mol. The topological polar surface area (TPSA) is 307 Å². The first-order chi connectivity index (χ1) is 39.8. The Balaban J connectivity index is 1.40. The normalized spacial score (nSPS) is 29.8. The Morgan fingerprint density at radius 3 is 1.24 bits per heavy atom. The highest BCUT2D eigenvalue weighted by Gasteiger charge is 2.53. The van der Waals surface area contributed by atoms with E-state index >= 15 is 0 Å². The average molecular weight is 1170 g/mol. The second-order valence-electron chi connectivity index (χ2n) is 23.2. The number of carbonyl (C=O) groups excluding carboxylic acids is 1. The molecule has 17 atom stereocenters. The van der Waals surface area contributed by atoms with E-state index in [9.17, 15) is 61.0 Å². The van der Waals surface area contributed by atoms with E-state index in [1.807, 2.05) is 6.08 Å². The van der Waals surface area contributed by atoms with Gasteiger partial charge >= 0.3 is 0 Å². The molecule has 0 aromatic heterocycles. The number of rotatable bonds is 48. The van der Waals surface area contributed by atoms with E-state index < -0.39 is 124 Å². The van der Waals surface area contributed by atoms with Gasteiger partial charge in [-0.2, -0.15) is 0 Å². The molecule has 0 aromatic carbocycles. The first kappa shape index (κ1) is 74.3. The Morgan fingerprint density at radius 2 is 0.805 bits per heavy atom. The molecule has 480 valence electrons. The fourth-order valence-electron chi connectivity index (χ4n) is 10.9. The third-order valence-corrected chi connectivity index (χ3v) is 16.2. The van der Waals surface area contributed by atoms with Crippen molar-refractivity contribution in [2.45, 2.75) is 330 Å². The number of aliphatic hydroxyl groups is 11. The summed E-state index contributed by atoms with van der Waals surface area (Å²) in [4.78, 5) is 13.3. The molecule has 19 heteroatoms. The summed E-state index contributed by atoms with van der Waals surface area (Å²) in [5, 5.41) is 120. The van der Waals surface area contributed by atoms with Gasteiger partial charge in [0.1, 0.15) is 73.2 Å². The smallest absolute Gasteiger partial charge is 0.220 e. The standard InChI is InChI=1S/C63H115NO18/c1-3-5-7-9-11-13-15-16-17-18-19-20-21-22-23-24-25-26-27-28-29-30-31-33-35-37-39-41-51(69)64-46(47(68)40-38-36-34-32-14-12-10-8-6-4-2)45-77-61-57(75)54(72)59(49(43-66)79-61)82-63-58(76)55(73)60(50(44-67)80-63)81-62-56(74)53(71)52(70)48(42-65)78-62/h15-16,18-19,38,40,46-50,52-63,65-68,70-76H,3-14,17,20-37,39,41-45H2,1-2H3,(H,64,69)/b16-15-,19-18-,40-38+. The number of hydrogen-bond donors (Lipinski definition) is 12. The van der Waals surface area contributed by atoms with Crippen LogP contribution in [-0.2, 0) is 33.2 Å². The molecule has 3 rings (SSSR count). The van der Waals surface area contributed by atoms with Crippen LogP contribution in [0.15, 0.2) is 36.5 Å². The van der Waals surface area contributed by atoms with E-state index in [1.165, 1.54) is 148 Å². The maximum atomic E-state index is 13.3. The van der Waals surface area contributed by atoms with Crippen LogP contribution in [0.3, 0.4) is 0 Å². The third-order valence-electron chi connectivity index (χ3n) is 16.2. The molecule has 19 nitrogen and oxygen atoms in total. The summed E-state index contributed by atoms with van der Waals surface area (Å²) < 4.78 is 34.2. The fraction of sp³-hybridized carbons (Fsp3) is 0.889. The van der Waals surface area contributed by atoms with E-state index in [2.05, 4.69) is 43.5 Å². The Kier molecular flexibility index (Phi) is 41.8. The zero-order chi connectivity index (χ0) is 59.7. The van der Waals surface area contributed by atoms with Gasteiger partial charge in [-0.1, -0.05) is 204 Å². The second-order valence-corrected chi connectivity index (χ2v) is 23.2. The molecular formula is C63H115NO18. The molecule has 3 aliphatic rings. The molecule has 0 spiro atoms. The molecule has 3 heterocycles. The van der Waals surface area contributed by atoms with Crippen molar-refractivity contribution in [1.82, 2.24) is 5.32 Å². The van der Waals surface area contributed by atoms with Crippen LogP contribution in [0.5, 0.6) is 0 Å². The summed E-state index contributed by atoms with van der Waals surface area (Å²) in [6.07, 6.45) is 24.3. The number of ether oxygens (including phenoxy) is 6. The second kappa shape index (κ2) is 46.2. The highest BCUT2D eigenvalue weighted by molar-refractivity contribution is 5.76. The Hall–Kier alpha value is -1.99. The molecule has 0 radical (unpaired) electrons. The van der Waals surface area contributed by atoms with Crippen molar-refractivity contribution >= 4 is 5.91 Å². The van der Waals surface area contributed by atoms with Crippen molar-refractivity contribution < 1.29 is 89.4 Å². The van der Waals surface area contributed by atoms with Crippen LogP contribution in [-0.4, -0.2) is 193 Å². The number of amides is 1. The SMILES string of the molecule is CCCCCCC/C=C\C/C=C\CCCCCCCCCCCCCCCCCC(=O)NC(COC1OC(CO)C(OC2OC(CO)C(OC3OC(CO)C(O)C(O)C3O)C(O)C2O)C(O)C1O)C(O)/C=C/CCCCCCCCCC. The Morgan fingerprint density at radius 1 is 0.439 bits per heavy atom. The molecule has 0 aromatic rings. The van der Waals surface area contributed by atoms with Gasteiger partial charge in [0.15, 0.2) is 18.9 Å². The number of nitrogens with one attached hydrogen (secondary N) is 1. The summed E-state index contributed by atoms with van der Waals surface area (Å²) in [6.45, 7) is 1.69. The van der Waals surface area contributed by atoms with E-state index in [-0.39, 0.29) is 18.9 Å². The molecule has 3 aliphatic heterocycles. The van der Waals surface area contributed by atoms with E-state index in [0.29, 0.717) is 6.42 Å². The molecule has 3 fully saturated rings. The summed E-state index contributed by atoms with van der Waals surface area (Å²) in [6, 6.07) is -0.970. The summed E-state index contributed by atoms with van der Waals surface area (Å²) in [7, 11) is 0. The summed E-state index contributed by atoms with van der Waals surface area (Å²) in [5.41, 5.74) is 0. The number of carbonyl (C=O) groups is 1. The highest BCUT2D eigenvalue weighted by Crippen LogP contribution is 2.33. The quantitative estimate of drug-likeness (QED) is 0.0218. The number of unbranched alkanes of at least 4 members (excludes halogenated alkanes) is 28. The van der Waals surface area contributed by atoms with Gasteiger partial charge in [0.2, 0.25) is 5.91 Å². The van der Waals surface area contributed by atoms with Gasteiger partial charge in [-0.3, -0.25) is 4.79 Å². The lowest BCUT2D eigenvalue weighted by Gasteiger charge is -2.48. The zero-order valence-corrected chi connectivity index (χ0v) is 50.2. The first-order valence-electron chi connectivity index (χ1n) is 32.2. The van der Waals surface area contributed by atoms with Gasteiger partial charge in [-0.25, -0.2) is 0 Å². The summed E-state index contributed by atoms with van der Waals surface area (Å²) >= 11 is 0. The average Bonchev–Trinajstić information content (AvgIpc) is 3.64. The molecule has 12 N–H and O–H groups in total. The van der Waals surface area contributed by atoms with E-state index in [4.69, 9.17) is 28.4 Å². The molecule has 82 heavy (non-hydrogen) atoms. The maximum Gasteiger partial charge on any atom is 0.220 e. The van der Waals surface area contributed by atoms with Crippen LogP contribution >= 0.6 is 0 Å². The van der Waals surface area contributed by atoms with Gasteiger partial charge in [0.25, 0.3) is 0 Å². The van der Waals surface area contributed by atoms with Gasteiger partial charge in [-0.05, 0) is 51.4 Å². The minimum Gasteiger partial charge on any atom is -0.394 e. The Bertz CT molecular complexity index is 1640. The maximum absolute atomic E-state index is 13.3. The van der Waals surface area contributed by atoms with Crippen LogP contribution in [0.4, 0.5) is 0 Å².